The average molecular weight is 389 g/mol. The summed E-state index contributed by atoms with van der Waals surface area (Å²) in [5.74, 6) is 0. The van der Waals surface area contributed by atoms with Gasteiger partial charge in [0.1, 0.15) is 5.69 Å². The van der Waals surface area contributed by atoms with Crippen molar-refractivity contribution in [2.45, 2.75) is 23.8 Å². The summed E-state index contributed by atoms with van der Waals surface area (Å²) in [4.78, 5) is 13.2. The monoisotopic (exact) mass is 389 g/mol. The van der Waals surface area contributed by atoms with E-state index in [0.717, 1.165) is 43.8 Å². The fourth-order valence-corrected chi connectivity index (χ4v) is 4.08. The third-order valence-electron chi connectivity index (χ3n) is 4.85. The zero-order valence-electron chi connectivity index (χ0n) is 15.2. The van der Waals surface area contributed by atoms with Crippen LogP contribution in [0.2, 0.25) is 0 Å². The number of hydrogen-bond donors (Lipinski definition) is 1. The lowest BCUT2D eigenvalue weighted by Gasteiger charge is -2.28. The average Bonchev–Trinajstić information content (AvgIpc) is 3.16. The maximum Gasteiger partial charge on any atom is 0.293 e. The lowest BCUT2D eigenvalue weighted by molar-refractivity contribution is -0.384. The Morgan fingerprint density at radius 2 is 1.81 bits per heavy atom. The van der Waals surface area contributed by atoms with Crippen molar-refractivity contribution >= 4 is 21.2 Å². The van der Waals surface area contributed by atoms with E-state index in [1.165, 1.54) is 12.1 Å². The number of benzene rings is 2. The molecule has 8 heteroatoms. The Bertz CT molecular complexity index is 910. The Morgan fingerprint density at radius 1 is 1.15 bits per heavy atom. The van der Waals surface area contributed by atoms with Crippen LogP contribution in [0.1, 0.15) is 24.4 Å². The van der Waals surface area contributed by atoms with Crippen LogP contribution in [0.3, 0.4) is 0 Å². The highest BCUT2D eigenvalue weighted by Gasteiger charge is 2.25. The van der Waals surface area contributed by atoms with Gasteiger partial charge in [-0.3, -0.25) is 15.0 Å². The van der Waals surface area contributed by atoms with Crippen LogP contribution in [-0.2, 0) is 9.84 Å². The summed E-state index contributed by atoms with van der Waals surface area (Å²) in [5.41, 5.74) is 1.25. The van der Waals surface area contributed by atoms with Crippen molar-refractivity contribution in [3.05, 3.63) is 64.2 Å². The molecule has 7 nitrogen and oxygen atoms in total. The van der Waals surface area contributed by atoms with Gasteiger partial charge in [-0.1, -0.05) is 30.3 Å². The summed E-state index contributed by atoms with van der Waals surface area (Å²) >= 11 is 0. The van der Waals surface area contributed by atoms with E-state index >= 15 is 0 Å². The van der Waals surface area contributed by atoms with Crippen molar-refractivity contribution in [3.8, 4) is 0 Å². The van der Waals surface area contributed by atoms with Crippen molar-refractivity contribution in [2.75, 3.05) is 31.2 Å². The number of nitrogens with zero attached hydrogens (tertiary/aromatic N) is 2. The molecule has 0 spiro atoms. The first-order valence-corrected chi connectivity index (χ1v) is 10.8. The topological polar surface area (TPSA) is 92.6 Å². The zero-order valence-corrected chi connectivity index (χ0v) is 16.0. The smallest absolute Gasteiger partial charge is 0.293 e. The number of anilines is 1. The highest BCUT2D eigenvalue weighted by molar-refractivity contribution is 7.90. The molecular weight excluding hydrogens is 366 g/mol. The molecule has 0 bridgehead atoms. The highest BCUT2D eigenvalue weighted by Crippen LogP contribution is 2.30. The fraction of sp³-hybridized carbons (Fsp3) is 0.368. The Kier molecular flexibility index (Phi) is 5.76. The van der Waals surface area contributed by atoms with E-state index in [9.17, 15) is 18.5 Å². The van der Waals surface area contributed by atoms with E-state index in [1.807, 2.05) is 18.2 Å². The quantitative estimate of drug-likeness (QED) is 0.577. The molecule has 2 aromatic carbocycles. The minimum Gasteiger partial charge on any atom is -0.378 e. The van der Waals surface area contributed by atoms with Crippen molar-refractivity contribution in [3.63, 3.8) is 0 Å². The molecule has 1 fully saturated rings. The summed E-state index contributed by atoms with van der Waals surface area (Å²) in [7, 11) is -3.50. The van der Waals surface area contributed by atoms with Gasteiger partial charge < -0.3 is 5.32 Å². The van der Waals surface area contributed by atoms with Gasteiger partial charge in [0.05, 0.1) is 15.9 Å². The lowest BCUT2D eigenvalue weighted by Crippen LogP contribution is -2.31. The lowest BCUT2D eigenvalue weighted by atomic mass is 10.1. The molecule has 27 heavy (non-hydrogen) atoms. The summed E-state index contributed by atoms with van der Waals surface area (Å²) in [5, 5.41) is 14.6. The molecule has 1 N–H and O–H groups in total. The van der Waals surface area contributed by atoms with Gasteiger partial charge in [0.15, 0.2) is 9.84 Å². The number of rotatable bonds is 7. The van der Waals surface area contributed by atoms with Gasteiger partial charge in [-0.2, -0.15) is 0 Å². The van der Waals surface area contributed by atoms with Crippen LogP contribution in [0.5, 0.6) is 0 Å². The van der Waals surface area contributed by atoms with Crippen LogP contribution in [0, 0.1) is 10.1 Å². The van der Waals surface area contributed by atoms with Crippen LogP contribution in [-0.4, -0.2) is 44.1 Å². The highest BCUT2D eigenvalue weighted by atomic mass is 32.2. The van der Waals surface area contributed by atoms with Crippen LogP contribution in [0.15, 0.2) is 53.4 Å². The number of likely N-dealkylation sites (tertiary alicyclic amines) is 1. The van der Waals surface area contributed by atoms with Crippen LogP contribution < -0.4 is 5.32 Å². The molecule has 1 aliphatic rings. The summed E-state index contributed by atoms with van der Waals surface area (Å²) < 4.78 is 23.4. The summed E-state index contributed by atoms with van der Waals surface area (Å²) in [6.45, 7) is 2.50. The molecule has 1 atom stereocenters. The Balaban J connectivity index is 1.85. The molecule has 2 aromatic rings. The first-order chi connectivity index (χ1) is 12.9. The standard InChI is InChI=1S/C19H23N3O4S/c1-27(25,26)16-9-10-17(18(13-16)22(23)24)20-14-19(21-11-5-6-12-21)15-7-3-2-4-8-15/h2-4,7-10,13,19-20H,5-6,11-12,14H2,1H3/t19-/m1/s1. The van der Waals surface area contributed by atoms with Crippen molar-refractivity contribution in [2.24, 2.45) is 0 Å². The van der Waals surface area contributed by atoms with E-state index in [0.29, 0.717) is 12.2 Å². The maximum absolute atomic E-state index is 11.7. The minimum atomic E-state index is -3.50. The molecule has 0 unspecified atom stereocenters. The van der Waals surface area contributed by atoms with E-state index in [4.69, 9.17) is 0 Å². The number of sulfone groups is 1. The Morgan fingerprint density at radius 3 is 2.41 bits per heavy atom. The molecule has 0 radical (unpaired) electrons. The van der Waals surface area contributed by atoms with Crippen LogP contribution >= 0.6 is 0 Å². The van der Waals surface area contributed by atoms with E-state index in [-0.39, 0.29) is 16.6 Å². The Labute approximate surface area is 159 Å². The van der Waals surface area contributed by atoms with Crippen molar-refractivity contribution in [1.29, 1.82) is 0 Å². The molecule has 1 aliphatic heterocycles. The maximum atomic E-state index is 11.7. The number of nitrogens with one attached hydrogen (secondary N) is 1. The summed E-state index contributed by atoms with van der Waals surface area (Å²) in [6.07, 6.45) is 3.33. The minimum absolute atomic E-state index is 0.0566. The van der Waals surface area contributed by atoms with Gasteiger partial charge in [-0.05, 0) is 43.6 Å². The van der Waals surface area contributed by atoms with Crippen LogP contribution in [0.4, 0.5) is 11.4 Å². The SMILES string of the molecule is CS(=O)(=O)c1ccc(NC[C@H](c2ccccc2)N2CCCC2)c([N+](=O)[O-])c1. The first kappa shape index (κ1) is 19.3. The normalized spacial score (nSPS) is 16.2. The second kappa shape index (κ2) is 8.06. The molecule has 0 amide bonds. The predicted octanol–water partition coefficient (Wildman–Crippen LogP) is 3.25. The second-order valence-corrected chi connectivity index (χ2v) is 8.77. The van der Waals surface area contributed by atoms with Gasteiger partial charge in [-0.25, -0.2) is 8.42 Å². The molecule has 0 aliphatic carbocycles. The zero-order chi connectivity index (χ0) is 19.4. The van der Waals surface area contributed by atoms with Gasteiger partial charge in [-0.15, -0.1) is 0 Å². The van der Waals surface area contributed by atoms with Gasteiger partial charge in [0.25, 0.3) is 5.69 Å². The molecule has 3 rings (SSSR count). The van der Waals surface area contributed by atoms with Crippen molar-refractivity contribution < 1.29 is 13.3 Å². The van der Waals surface area contributed by atoms with Crippen LogP contribution in [0.25, 0.3) is 0 Å². The number of nitro benzene ring substituents is 1. The predicted molar refractivity (Wildman–Crippen MR) is 105 cm³/mol. The third kappa shape index (κ3) is 4.64. The van der Waals surface area contributed by atoms with E-state index < -0.39 is 14.8 Å². The molecule has 0 saturated carbocycles. The van der Waals surface area contributed by atoms with Crippen molar-refractivity contribution in [1.82, 2.24) is 4.90 Å². The fourth-order valence-electron chi connectivity index (χ4n) is 3.44. The van der Waals surface area contributed by atoms with Gasteiger partial charge >= 0.3 is 0 Å². The van der Waals surface area contributed by atoms with Gasteiger partial charge in [0.2, 0.25) is 0 Å². The first-order valence-electron chi connectivity index (χ1n) is 8.87. The van der Waals surface area contributed by atoms with E-state index in [2.05, 4.69) is 22.3 Å². The van der Waals surface area contributed by atoms with E-state index in [1.54, 1.807) is 0 Å². The molecule has 0 aromatic heterocycles. The second-order valence-electron chi connectivity index (χ2n) is 6.76. The number of hydrogen-bond acceptors (Lipinski definition) is 6. The molecular formula is C19H23N3O4S. The summed E-state index contributed by atoms with van der Waals surface area (Å²) in [6, 6.07) is 14.2. The molecule has 1 saturated heterocycles. The van der Waals surface area contributed by atoms with Gasteiger partial charge in [0, 0.05) is 18.9 Å². The largest absolute Gasteiger partial charge is 0.378 e. The molecule has 144 valence electrons. The third-order valence-corrected chi connectivity index (χ3v) is 5.96. The molecule has 1 heterocycles. The number of nitro groups is 1. The Hall–Kier alpha value is -2.45.